The Labute approximate surface area is 72.5 Å². The van der Waals surface area contributed by atoms with Crippen LogP contribution in [0.1, 0.15) is 5.56 Å². The third-order valence-corrected chi connectivity index (χ3v) is 1.86. The molecule has 60 valence electrons. The Morgan fingerprint density at radius 1 is 1.64 bits per heavy atom. The minimum Gasteiger partial charge on any atom is -0.481 e. The van der Waals surface area contributed by atoms with Crippen molar-refractivity contribution in [1.29, 1.82) is 0 Å². The molecule has 0 saturated heterocycles. The van der Waals surface area contributed by atoms with E-state index in [0.717, 1.165) is 0 Å². The van der Waals surface area contributed by atoms with Crippen LogP contribution in [0.2, 0.25) is 0 Å². The number of ether oxygens (including phenoxy) is 1. The van der Waals surface area contributed by atoms with Gasteiger partial charge in [0.05, 0.1) is 7.11 Å². The Morgan fingerprint density at radius 3 is 2.82 bits per heavy atom. The summed E-state index contributed by atoms with van der Waals surface area (Å²) in [5.41, 5.74) is 0.533. The molecule has 0 N–H and O–H groups in total. The van der Waals surface area contributed by atoms with Gasteiger partial charge in [0.1, 0.15) is 0 Å². The van der Waals surface area contributed by atoms with Gasteiger partial charge in [-0.3, -0.25) is 0 Å². The highest BCUT2D eigenvalue weighted by atomic mass is 79.9. The van der Waals surface area contributed by atoms with Crippen molar-refractivity contribution in [3.05, 3.63) is 23.6 Å². The first kappa shape index (κ1) is 8.46. The molecular formula is C7H7BrFNO. The second-order valence-electron chi connectivity index (χ2n) is 1.94. The highest BCUT2D eigenvalue weighted by Crippen LogP contribution is 2.13. The van der Waals surface area contributed by atoms with Crippen LogP contribution in [0, 0.1) is 5.95 Å². The maximum absolute atomic E-state index is 12.8. The Kier molecular flexibility index (Phi) is 2.82. The van der Waals surface area contributed by atoms with Crippen molar-refractivity contribution in [2.75, 3.05) is 7.11 Å². The largest absolute Gasteiger partial charge is 0.481 e. The Hall–Kier alpha value is -0.640. The SMILES string of the molecule is COc1ccc(CBr)c(F)n1. The van der Waals surface area contributed by atoms with E-state index in [1.807, 2.05) is 0 Å². The average Bonchev–Trinajstić information content (AvgIpc) is 2.04. The zero-order valence-corrected chi connectivity index (χ0v) is 7.56. The van der Waals surface area contributed by atoms with Crippen molar-refractivity contribution >= 4 is 15.9 Å². The first-order chi connectivity index (χ1) is 5.27. The van der Waals surface area contributed by atoms with E-state index in [2.05, 4.69) is 20.9 Å². The van der Waals surface area contributed by atoms with Crippen LogP contribution in [0.15, 0.2) is 12.1 Å². The van der Waals surface area contributed by atoms with Crippen LogP contribution in [0.3, 0.4) is 0 Å². The van der Waals surface area contributed by atoms with Crippen molar-refractivity contribution < 1.29 is 9.13 Å². The van der Waals surface area contributed by atoms with E-state index in [0.29, 0.717) is 16.8 Å². The van der Waals surface area contributed by atoms with Gasteiger partial charge >= 0.3 is 0 Å². The molecule has 0 aliphatic carbocycles. The van der Waals surface area contributed by atoms with Gasteiger partial charge in [0.25, 0.3) is 0 Å². The molecule has 0 unspecified atom stereocenters. The lowest BCUT2D eigenvalue weighted by Gasteiger charge is -2.00. The minimum atomic E-state index is -0.485. The van der Waals surface area contributed by atoms with Gasteiger partial charge in [0.2, 0.25) is 11.8 Å². The molecule has 2 nitrogen and oxygen atoms in total. The van der Waals surface area contributed by atoms with Gasteiger partial charge in [-0.15, -0.1) is 0 Å². The number of alkyl halides is 1. The summed E-state index contributed by atoms with van der Waals surface area (Å²) in [7, 11) is 1.45. The molecule has 0 aromatic carbocycles. The lowest BCUT2D eigenvalue weighted by atomic mass is 10.3. The minimum absolute atomic E-state index is 0.298. The van der Waals surface area contributed by atoms with Crippen LogP contribution < -0.4 is 4.74 Å². The lowest BCUT2D eigenvalue weighted by molar-refractivity contribution is 0.386. The van der Waals surface area contributed by atoms with E-state index < -0.39 is 5.95 Å². The van der Waals surface area contributed by atoms with E-state index in [1.165, 1.54) is 7.11 Å². The van der Waals surface area contributed by atoms with Crippen molar-refractivity contribution in [2.45, 2.75) is 5.33 Å². The first-order valence-corrected chi connectivity index (χ1v) is 4.15. The number of nitrogens with zero attached hydrogens (tertiary/aromatic N) is 1. The van der Waals surface area contributed by atoms with E-state index in [-0.39, 0.29) is 0 Å². The summed E-state index contributed by atoms with van der Waals surface area (Å²) >= 11 is 3.13. The molecule has 0 saturated carbocycles. The second-order valence-corrected chi connectivity index (χ2v) is 2.50. The summed E-state index contributed by atoms with van der Waals surface area (Å²) in [5, 5.41) is 0.468. The molecule has 0 atom stereocenters. The maximum Gasteiger partial charge on any atom is 0.220 e. The van der Waals surface area contributed by atoms with Crippen molar-refractivity contribution in [1.82, 2.24) is 4.98 Å². The highest BCUT2D eigenvalue weighted by molar-refractivity contribution is 9.08. The van der Waals surface area contributed by atoms with Crippen LogP contribution in [0.25, 0.3) is 0 Å². The molecule has 0 amide bonds. The number of hydrogen-bond acceptors (Lipinski definition) is 2. The normalized spacial score (nSPS) is 9.73. The summed E-state index contributed by atoms with van der Waals surface area (Å²) in [4.78, 5) is 3.54. The number of halogens is 2. The molecule has 0 fully saturated rings. The fraction of sp³-hybridized carbons (Fsp3) is 0.286. The second kappa shape index (κ2) is 3.67. The number of pyridine rings is 1. The molecule has 0 radical (unpaired) electrons. The molecule has 1 aromatic rings. The molecule has 0 bridgehead atoms. The lowest BCUT2D eigenvalue weighted by Crippen LogP contribution is -1.94. The fourth-order valence-electron chi connectivity index (χ4n) is 0.660. The molecular weight excluding hydrogens is 213 g/mol. The molecule has 11 heavy (non-hydrogen) atoms. The van der Waals surface area contributed by atoms with Crippen LogP contribution >= 0.6 is 15.9 Å². The van der Waals surface area contributed by atoms with Crippen LogP contribution in [-0.2, 0) is 5.33 Å². The van der Waals surface area contributed by atoms with Crippen molar-refractivity contribution in [2.24, 2.45) is 0 Å². The van der Waals surface area contributed by atoms with Gasteiger partial charge in [-0.1, -0.05) is 15.9 Å². The fourth-order valence-corrected chi connectivity index (χ4v) is 1.08. The standard InChI is InChI=1S/C7H7BrFNO/c1-11-6-3-2-5(4-8)7(9)10-6/h2-3H,4H2,1H3. The monoisotopic (exact) mass is 219 g/mol. The topological polar surface area (TPSA) is 22.1 Å². The summed E-state index contributed by atoms with van der Waals surface area (Å²) in [5.74, 6) is -0.187. The average molecular weight is 220 g/mol. The smallest absolute Gasteiger partial charge is 0.220 e. The van der Waals surface area contributed by atoms with Crippen LogP contribution in [0.4, 0.5) is 4.39 Å². The van der Waals surface area contributed by atoms with E-state index in [1.54, 1.807) is 12.1 Å². The quantitative estimate of drug-likeness (QED) is 0.562. The van der Waals surface area contributed by atoms with Crippen molar-refractivity contribution in [3.63, 3.8) is 0 Å². The number of hydrogen-bond donors (Lipinski definition) is 0. The summed E-state index contributed by atoms with van der Waals surface area (Å²) < 4.78 is 17.5. The molecule has 1 rings (SSSR count). The summed E-state index contributed by atoms with van der Waals surface area (Å²) in [6.07, 6.45) is 0. The molecule has 4 heteroatoms. The third-order valence-electron chi connectivity index (χ3n) is 1.25. The van der Waals surface area contributed by atoms with E-state index in [4.69, 9.17) is 4.74 Å². The Bertz CT molecular complexity index is 254. The Morgan fingerprint density at radius 2 is 2.36 bits per heavy atom. The number of rotatable bonds is 2. The zero-order valence-electron chi connectivity index (χ0n) is 5.97. The van der Waals surface area contributed by atoms with Crippen LogP contribution in [-0.4, -0.2) is 12.1 Å². The molecule has 0 aliphatic heterocycles. The predicted molar refractivity (Wildman–Crippen MR) is 43.4 cm³/mol. The maximum atomic E-state index is 12.8. The third kappa shape index (κ3) is 1.89. The molecule has 1 aromatic heterocycles. The van der Waals surface area contributed by atoms with Gasteiger partial charge in [-0.25, -0.2) is 0 Å². The predicted octanol–water partition coefficient (Wildman–Crippen LogP) is 2.12. The van der Waals surface area contributed by atoms with E-state index in [9.17, 15) is 4.39 Å². The van der Waals surface area contributed by atoms with Gasteiger partial charge in [-0.05, 0) is 6.07 Å². The molecule has 0 spiro atoms. The molecule has 1 heterocycles. The first-order valence-electron chi connectivity index (χ1n) is 3.03. The summed E-state index contributed by atoms with van der Waals surface area (Å²) in [6, 6.07) is 3.26. The van der Waals surface area contributed by atoms with Gasteiger partial charge < -0.3 is 4.74 Å². The van der Waals surface area contributed by atoms with Gasteiger partial charge in [-0.2, -0.15) is 9.37 Å². The number of aromatic nitrogens is 1. The highest BCUT2D eigenvalue weighted by Gasteiger charge is 2.02. The summed E-state index contributed by atoms with van der Waals surface area (Å²) in [6.45, 7) is 0. The van der Waals surface area contributed by atoms with E-state index >= 15 is 0 Å². The van der Waals surface area contributed by atoms with Gasteiger partial charge in [0.15, 0.2) is 0 Å². The Balaban J connectivity index is 2.99. The number of methoxy groups -OCH3 is 1. The van der Waals surface area contributed by atoms with Crippen molar-refractivity contribution in [3.8, 4) is 5.88 Å². The molecule has 0 aliphatic rings. The van der Waals surface area contributed by atoms with Crippen LogP contribution in [0.5, 0.6) is 5.88 Å². The van der Waals surface area contributed by atoms with Gasteiger partial charge in [0, 0.05) is 17.0 Å². The zero-order chi connectivity index (χ0) is 8.27.